The van der Waals surface area contributed by atoms with Gasteiger partial charge < -0.3 is 14.6 Å². The topological polar surface area (TPSA) is 38.7 Å². The molecule has 0 aliphatic carbocycles. The van der Waals surface area contributed by atoms with Gasteiger partial charge in [0.05, 0.1) is 13.0 Å². The standard InChI is InChI=1S/C12H18O3/c1-3-14-12(15-4-2)10-8-6-5-7-9-11-13/h12-13H,3-4,9-11H2,1-2H3. The minimum Gasteiger partial charge on any atom is -0.395 e. The van der Waals surface area contributed by atoms with Crippen molar-refractivity contribution < 1.29 is 14.6 Å². The van der Waals surface area contributed by atoms with Crippen molar-refractivity contribution in [3.63, 3.8) is 0 Å². The van der Waals surface area contributed by atoms with E-state index in [1.807, 2.05) is 13.8 Å². The van der Waals surface area contributed by atoms with Crippen LogP contribution in [-0.2, 0) is 9.47 Å². The van der Waals surface area contributed by atoms with Crippen LogP contribution in [-0.4, -0.2) is 31.2 Å². The molecule has 0 bridgehead atoms. The normalized spacial score (nSPS) is 9.07. The van der Waals surface area contributed by atoms with Crippen LogP contribution in [0.15, 0.2) is 0 Å². The predicted molar refractivity (Wildman–Crippen MR) is 58.9 cm³/mol. The quantitative estimate of drug-likeness (QED) is 0.528. The summed E-state index contributed by atoms with van der Waals surface area (Å²) in [5.41, 5.74) is 0. The summed E-state index contributed by atoms with van der Waals surface area (Å²) in [6, 6.07) is 0. The zero-order valence-electron chi connectivity index (χ0n) is 9.38. The van der Waals surface area contributed by atoms with Crippen molar-refractivity contribution in [2.75, 3.05) is 19.8 Å². The summed E-state index contributed by atoms with van der Waals surface area (Å²) >= 11 is 0. The van der Waals surface area contributed by atoms with E-state index >= 15 is 0 Å². The van der Waals surface area contributed by atoms with Gasteiger partial charge in [-0.1, -0.05) is 11.8 Å². The van der Waals surface area contributed by atoms with Gasteiger partial charge in [0.15, 0.2) is 6.29 Å². The lowest BCUT2D eigenvalue weighted by Gasteiger charge is -2.13. The van der Waals surface area contributed by atoms with E-state index < -0.39 is 0 Å². The molecule has 0 saturated heterocycles. The van der Waals surface area contributed by atoms with E-state index in [0.717, 1.165) is 0 Å². The van der Waals surface area contributed by atoms with Crippen LogP contribution in [0.3, 0.4) is 0 Å². The Morgan fingerprint density at radius 3 is 2.20 bits per heavy atom. The average molecular weight is 210 g/mol. The van der Waals surface area contributed by atoms with Crippen molar-refractivity contribution >= 4 is 0 Å². The number of hydrogen-bond acceptors (Lipinski definition) is 3. The monoisotopic (exact) mass is 210 g/mol. The lowest BCUT2D eigenvalue weighted by molar-refractivity contribution is -0.131. The smallest absolute Gasteiger partial charge is 0.168 e. The first-order valence-corrected chi connectivity index (χ1v) is 5.14. The van der Waals surface area contributed by atoms with E-state index in [1.165, 1.54) is 0 Å². The summed E-state index contributed by atoms with van der Waals surface area (Å²) in [7, 11) is 0. The third-order valence-corrected chi connectivity index (χ3v) is 1.45. The first-order valence-electron chi connectivity index (χ1n) is 5.14. The van der Waals surface area contributed by atoms with Gasteiger partial charge in [0.1, 0.15) is 0 Å². The molecule has 3 nitrogen and oxygen atoms in total. The predicted octanol–water partition coefficient (Wildman–Crippen LogP) is 1.16. The molecule has 0 aromatic heterocycles. The first-order chi connectivity index (χ1) is 7.35. The molecule has 0 radical (unpaired) electrons. The van der Waals surface area contributed by atoms with Crippen molar-refractivity contribution in [1.82, 2.24) is 0 Å². The second-order valence-corrected chi connectivity index (χ2v) is 2.62. The first kappa shape index (κ1) is 14.0. The zero-order valence-corrected chi connectivity index (χ0v) is 9.38. The van der Waals surface area contributed by atoms with E-state index in [0.29, 0.717) is 26.1 Å². The Morgan fingerprint density at radius 2 is 1.67 bits per heavy atom. The molecule has 0 saturated carbocycles. The molecule has 3 heteroatoms. The lowest BCUT2D eigenvalue weighted by Crippen LogP contribution is -2.16. The van der Waals surface area contributed by atoms with Crippen molar-refractivity contribution in [1.29, 1.82) is 0 Å². The molecule has 0 unspecified atom stereocenters. The zero-order chi connectivity index (χ0) is 11.4. The molecule has 84 valence electrons. The fourth-order valence-electron chi connectivity index (χ4n) is 0.879. The average Bonchev–Trinajstić information content (AvgIpc) is 2.24. The Balaban J connectivity index is 3.82. The maximum absolute atomic E-state index is 8.46. The minimum absolute atomic E-state index is 0.0786. The Bertz CT molecular complexity index is 246. The van der Waals surface area contributed by atoms with Gasteiger partial charge in [-0.05, 0) is 25.7 Å². The van der Waals surface area contributed by atoms with E-state index in [9.17, 15) is 0 Å². The van der Waals surface area contributed by atoms with Gasteiger partial charge in [0, 0.05) is 19.6 Å². The number of rotatable bonds is 6. The van der Waals surface area contributed by atoms with Gasteiger partial charge in [-0.2, -0.15) is 0 Å². The molecule has 0 heterocycles. The summed E-state index contributed by atoms with van der Waals surface area (Å²) in [5, 5.41) is 8.46. The van der Waals surface area contributed by atoms with Crippen LogP contribution in [0.4, 0.5) is 0 Å². The van der Waals surface area contributed by atoms with Crippen molar-refractivity contribution in [3.05, 3.63) is 0 Å². The van der Waals surface area contributed by atoms with Gasteiger partial charge in [-0.15, -0.1) is 0 Å². The molecule has 0 rings (SSSR count). The molecule has 0 aliphatic rings. The Morgan fingerprint density at radius 1 is 1.07 bits per heavy atom. The highest BCUT2D eigenvalue weighted by atomic mass is 16.7. The van der Waals surface area contributed by atoms with Crippen LogP contribution in [0.2, 0.25) is 0 Å². The fourth-order valence-corrected chi connectivity index (χ4v) is 0.879. The van der Waals surface area contributed by atoms with E-state index in [4.69, 9.17) is 14.6 Å². The summed E-state index contributed by atoms with van der Waals surface area (Å²) in [6.45, 7) is 5.14. The van der Waals surface area contributed by atoms with Crippen LogP contribution in [0.1, 0.15) is 26.7 Å². The Labute approximate surface area is 91.8 Å². The number of aliphatic hydroxyl groups excluding tert-OH is 1. The molecule has 0 amide bonds. The SMILES string of the molecule is CCOC(CC#CC#CCCO)OCC. The van der Waals surface area contributed by atoms with E-state index in [2.05, 4.69) is 23.7 Å². The molecule has 0 aliphatic heterocycles. The highest BCUT2D eigenvalue weighted by Gasteiger charge is 2.03. The molecule has 0 aromatic carbocycles. The van der Waals surface area contributed by atoms with Crippen LogP contribution in [0.5, 0.6) is 0 Å². The van der Waals surface area contributed by atoms with E-state index in [1.54, 1.807) is 0 Å². The van der Waals surface area contributed by atoms with Gasteiger partial charge in [-0.25, -0.2) is 0 Å². The third-order valence-electron chi connectivity index (χ3n) is 1.45. The summed E-state index contributed by atoms with van der Waals surface area (Å²) in [4.78, 5) is 0. The third kappa shape index (κ3) is 9.31. The van der Waals surface area contributed by atoms with Gasteiger partial charge in [0.2, 0.25) is 0 Å². The maximum Gasteiger partial charge on any atom is 0.168 e. The second-order valence-electron chi connectivity index (χ2n) is 2.62. The van der Waals surface area contributed by atoms with Gasteiger partial charge in [0.25, 0.3) is 0 Å². The summed E-state index contributed by atoms with van der Waals surface area (Å²) in [6.07, 6.45) is 0.733. The fraction of sp³-hybridized carbons (Fsp3) is 0.667. The van der Waals surface area contributed by atoms with Gasteiger partial charge >= 0.3 is 0 Å². The molecular weight excluding hydrogens is 192 g/mol. The number of ether oxygens (including phenoxy) is 2. The Kier molecular flexibility index (Phi) is 10.3. The van der Waals surface area contributed by atoms with Crippen molar-refractivity contribution in [3.8, 4) is 23.7 Å². The molecule has 1 N–H and O–H groups in total. The summed E-state index contributed by atoms with van der Waals surface area (Å²) in [5.74, 6) is 10.9. The van der Waals surface area contributed by atoms with Crippen molar-refractivity contribution in [2.24, 2.45) is 0 Å². The minimum atomic E-state index is -0.257. The lowest BCUT2D eigenvalue weighted by atomic mass is 10.4. The number of hydrogen-bond donors (Lipinski definition) is 1. The van der Waals surface area contributed by atoms with Crippen molar-refractivity contribution in [2.45, 2.75) is 33.0 Å². The largest absolute Gasteiger partial charge is 0.395 e. The molecule has 0 aromatic rings. The maximum atomic E-state index is 8.46. The molecule has 0 atom stereocenters. The Hall–Kier alpha value is -1.00. The van der Waals surface area contributed by atoms with Crippen LogP contribution in [0.25, 0.3) is 0 Å². The molecule has 0 fully saturated rings. The second kappa shape index (κ2) is 11.1. The highest BCUT2D eigenvalue weighted by molar-refractivity contribution is 5.25. The molecular formula is C12H18O3. The van der Waals surface area contributed by atoms with Gasteiger partial charge in [-0.3, -0.25) is 0 Å². The highest BCUT2D eigenvalue weighted by Crippen LogP contribution is 1.99. The summed E-state index contributed by atoms with van der Waals surface area (Å²) < 4.78 is 10.6. The van der Waals surface area contributed by atoms with Crippen LogP contribution in [0, 0.1) is 23.7 Å². The molecule has 15 heavy (non-hydrogen) atoms. The van der Waals surface area contributed by atoms with Crippen LogP contribution >= 0.6 is 0 Å². The van der Waals surface area contributed by atoms with E-state index in [-0.39, 0.29) is 12.9 Å². The molecule has 0 spiro atoms. The number of aliphatic hydroxyl groups is 1. The van der Waals surface area contributed by atoms with Crippen LogP contribution < -0.4 is 0 Å².